The van der Waals surface area contributed by atoms with E-state index >= 15 is 0 Å². The van der Waals surface area contributed by atoms with Crippen molar-refractivity contribution in [2.24, 2.45) is 11.3 Å². The molecular formula is C19H26N2O3. The molecule has 0 saturated carbocycles. The van der Waals surface area contributed by atoms with Crippen LogP contribution in [0.3, 0.4) is 0 Å². The summed E-state index contributed by atoms with van der Waals surface area (Å²) in [7, 11) is 0. The molecule has 1 N–H and O–H groups in total. The number of carboxylic acid groups (broad SMARTS) is 1. The van der Waals surface area contributed by atoms with E-state index in [2.05, 4.69) is 26.0 Å². The number of hydrogen-bond donors (Lipinski definition) is 1. The molecule has 0 radical (unpaired) electrons. The van der Waals surface area contributed by atoms with Gasteiger partial charge in [-0.15, -0.1) is 0 Å². The van der Waals surface area contributed by atoms with Crippen molar-refractivity contribution in [1.29, 1.82) is 0 Å². The maximum atomic E-state index is 13.3. The summed E-state index contributed by atoms with van der Waals surface area (Å²) >= 11 is 0. The first-order valence-corrected chi connectivity index (χ1v) is 8.76. The highest BCUT2D eigenvalue weighted by molar-refractivity contribution is 5.87. The standard InChI is InChI=1S/C19H26N2O3/c1-14(2)11-21-12-16(15-7-4-3-5-8-15)19(17(21)22)9-6-10-20(13-19)18(23)24/h3-5,7-8,14,16H,6,9-13H2,1-2H3,(H,23,24)/t16-,19-/m0/s1. The number of hydrogen-bond acceptors (Lipinski definition) is 2. The molecule has 0 aromatic heterocycles. The molecule has 130 valence electrons. The summed E-state index contributed by atoms with van der Waals surface area (Å²) in [6.07, 6.45) is 0.594. The first-order chi connectivity index (χ1) is 11.4. The van der Waals surface area contributed by atoms with Gasteiger partial charge in [0.25, 0.3) is 0 Å². The molecule has 3 rings (SSSR count). The number of carbonyl (C=O) groups excluding carboxylic acids is 1. The van der Waals surface area contributed by atoms with Crippen LogP contribution in [-0.4, -0.2) is 53.1 Å². The zero-order valence-electron chi connectivity index (χ0n) is 14.4. The number of carbonyl (C=O) groups is 2. The molecule has 2 heterocycles. The molecule has 1 spiro atoms. The molecular weight excluding hydrogens is 304 g/mol. The maximum absolute atomic E-state index is 13.3. The third kappa shape index (κ3) is 2.87. The Kier molecular flexibility index (Phi) is 4.52. The molecule has 0 bridgehead atoms. The monoisotopic (exact) mass is 330 g/mol. The van der Waals surface area contributed by atoms with Crippen molar-refractivity contribution in [3.05, 3.63) is 35.9 Å². The third-order valence-corrected chi connectivity index (χ3v) is 5.37. The molecule has 0 aliphatic carbocycles. The molecule has 5 heteroatoms. The fourth-order valence-corrected chi connectivity index (χ4v) is 4.36. The van der Waals surface area contributed by atoms with Crippen molar-refractivity contribution >= 4 is 12.0 Å². The predicted octanol–water partition coefficient (Wildman–Crippen LogP) is 3.03. The van der Waals surface area contributed by atoms with Crippen molar-refractivity contribution in [2.45, 2.75) is 32.6 Å². The first kappa shape index (κ1) is 16.8. The van der Waals surface area contributed by atoms with E-state index in [4.69, 9.17) is 0 Å². The third-order valence-electron chi connectivity index (χ3n) is 5.37. The predicted molar refractivity (Wildman–Crippen MR) is 91.9 cm³/mol. The Morgan fingerprint density at radius 1 is 1.33 bits per heavy atom. The van der Waals surface area contributed by atoms with Crippen LogP contribution in [0.5, 0.6) is 0 Å². The highest BCUT2D eigenvalue weighted by atomic mass is 16.4. The normalized spacial score (nSPS) is 27.3. The molecule has 2 saturated heterocycles. The lowest BCUT2D eigenvalue weighted by molar-refractivity contribution is -0.139. The van der Waals surface area contributed by atoms with E-state index in [1.54, 1.807) is 0 Å². The van der Waals surface area contributed by atoms with Crippen molar-refractivity contribution in [3.8, 4) is 0 Å². The van der Waals surface area contributed by atoms with E-state index < -0.39 is 11.5 Å². The van der Waals surface area contributed by atoms with Crippen LogP contribution < -0.4 is 0 Å². The Morgan fingerprint density at radius 3 is 2.67 bits per heavy atom. The number of nitrogens with zero attached hydrogens (tertiary/aromatic N) is 2. The van der Waals surface area contributed by atoms with Gasteiger partial charge in [-0.25, -0.2) is 4.79 Å². The summed E-state index contributed by atoms with van der Waals surface area (Å²) in [5.74, 6) is 0.600. The molecule has 2 aliphatic rings. The molecule has 5 nitrogen and oxygen atoms in total. The van der Waals surface area contributed by atoms with Crippen LogP contribution >= 0.6 is 0 Å². The van der Waals surface area contributed by atoms with Crippen molar-refractivity contribution < 1.29 is 14.7 Å². The lowest BCUT2D eigenvalue weighted by atomic mass is 9.69. The molecule has 2 aliphatic heterocycles. The van der Waals surface area contributed by atoms with E-state index in [1.807, 2.05) is 23.1 Å². The minimum absolute atomic E-state index is 0.0621. The number of piperidine rings is 1. The molecule has 2 amide bonds. The maximum Gasteiger partial charge on any atom is 0.407 e. The van der Waals surface area contributed by atoms with Gasteiger partial charge in [0.15, 0.2) is 0 Å². The Bertz CT molecular complexity index is 616. The second-order valence-corrected chi connectivity index (χ2v) is 7.53. The van der Waals surface area contributed by atoms with E-state index in [-0.39, 0.29) is 11.8 Å². The van der Waals surface area contributed by atoms with Gasteiger partial charge in [0.05, 0.1) is 5.41 Å². The van der Waals surface area contributed by atoms with Crippen LogP contribution in [0.15, 0.2) is 30.3 Å². The molecule has 2 atom stereocenters. The van der Waals surface area contributed by atoms with Gasteiger partial charge in [-0.3, -0.25) is 4.79 Å². The van der Waals surface area contributed by atoms with Gasteiger partial charge >= 0.3 is 6.09 Å². The fourth-order valence-electron chi connectivity index (χ4n) is 4.36. The summed E-state index contributed by atoms with van der Waals surface area (Å²) in [4.78, 5) is 28.2. The Hall–Kier alpha value is -2.04. The first-order valence-electron chi connectivity index (χ1n) is 8.76. The number of likely N-dealkylation sites (tertiary alicyclic amines) is 2. The Labute approximate surface area is 143 Å². The van der Waals surface area contributed by atoms with E-state index in [1.165, 1.54) is 4.90 Å². The summed E-state index contributed by atoms with van der Waals surface area (Å²) in [5.41, 5.74) is 0.539. The Balaban J connectivity index is 1.98. The van der Waals surface area contributed by atoms with Gasteiger partial charge in [0, 0.05) is 32.1 Å². The summed E-state index contributed by atoms with van der Waals surface area (Å²) in [6, 6.07) is 10.1. The van der Waals surface area contributed by atoms with Crippen molar-refractivity contribution in [1.82, 2.24) is 9.80 Å². The lowest BCUT2D eigenvalue weighted by Gasteiger charge is -2.41. The van der Waals surface area contributed by atoms with Gasteiger partial charge in [-0.05, 0) is 24.3 Å². The molecule has 0 unspecified atom stereocenters. The minimum Gasteiger partial charge on any atom is -0.465 e. The lowest BCUT2D eigenvalue weighted by Crippen LogP contribution is -2.51. The quantitative estimate of drug-likeness (QED) is 0.926. The molecule has 1 aromatic rings. The van der Waals surface area contributed by atoms with Crippen LogP contribution in [0.1, 0.15) is 38.2 Å². The highest BCUT2D eigenvalue weighted by Gasteiger charge is 2.56. The van der Waals surface area contributed by atoms with Gasteiger partial charge in [-0.1, -0.05) is 44.2 Å². The van der Waals surface area contributed by atoms with Gasteiger partial charge in [-0.2, -0.15) is 0 Å². The van der Waals surface area contributed by atoms with Crippen LogP contribution in [0.25, 0.3) is 0 Å². The second-order valence-electron chi connectivity index (χ2n) is 7.53. The van der Waals surface area contributed by atoms with Crippen LogP contribution in [0.2, 0.25) is 0 Å². The molecule has 1 aromatic carbocycles. The SMILES string of the molecule is CC(C)CN1C[C@@H](c2ccccc2)[C@@]2(CCCN(C(=O)O)C2)C1=O. The number of benzene rings is 1. The summed E-state index contributed by atoms with van der Waals surface area (Å²) in [5, 5.41) is 9.44. The molecule has 2 fully saturated rings. The topological polar surface area (TPSA) is 60.9 Å². The average molecular weight is 330 g/mol. The van der Waals surface area contributed by atoms with Gasteiger partial charge in [0.1, 0.15) is 0 Å². The summed E-state index contributed by atoms with van der Waals surface area (Å²) in [6.45, 7) is 6.48. The summed E-state index contributed by atoms with van der Waals surface area (Å²) < 4.78 is 0. The van der Waals surface area contributed by atoms with Crippen LogP contribution in [0.4, 0.5) is 4.79 Å². The van der Waals surface area contributed by atoms with E-state index in [0.717, 1.165) is 24.9 Å². The second kappa shape index (κ2) is 6.46. The highest BCUT2D eigenvalue weighted by Crippen LogP contribution is 2.49. The average Bonchev–Trinajstić information content (AvgIpc) is 2.81. The number of amides is 2. The van der Waals surface area contributed by atoms with Gasteiger partial charge < -0.3 is 14.9 Å². The largest absolute Gasteiger partial charge is 0.465 e. The van der Waals surface area contributed by atoms with Crippen molar-refractivity contribution in [2.75, 3.05) is 26.2 Å². The van der Waals surface area contributed by atoms with Crippen LogP contribution in [-0.2, 0) is 4.79 Å². The Morgan fingerprint density at radius 2 is 2.04 bits per heavy atom. The minimum atomic E-state index is -0.920. The van der Waals surface area contributed by atoms with E-state index in [9.17, 15) is 14.7 Å². The molecule has 24 heavy (non-hydrogen) atoms. The zero-order valence-corrected chi connectivity index (χ0v) is 14.4. The van der Waals surface area contributed by atoms with Gasteiger partial charge in [0.2, 0.25) is 5.91 Å². The van der Waals surface area contributed by atoms with E-state index in [0.29, 0.717) is 25.6 Å². The zero-order chi connectivity index (χ0) is 17.3. The van der Waals surface area contributed by atoms with Crippen LogP contribution in [0, 0.1) is 11.3 Å². The number of rotatable bonds is 3. The smallest absolute Gasteiger partial charge is 0.407 e. The fraction of sp³-hybridized carbons (Fsp3) is 0.579. The van der Waals surface area contributed by atoms with Crippen molar-refractivity contribution in [3.63, 3.8) is 0 Å².